The number of hydrogen-bond acceptors (Lipinski definition) is 6. The van der Waals surface area contributed by atoms with Crippen LogP contribution in [0.25, 0.3) is 11.5 Å². The Morgan fingerprint density at radius 1 is 1.24 bits per heavy atom. The predicted octanol–water partition coefficient (Wildman–Crippen LogP) is 1.97. The van der Waals surface area contributed by atoms with Crippen molar-refractivity contribution in [3.8, 4) is 11.5 Å². The number of aromatic nitrogens is 3. The van der Waals surface area contributed by atoms with E-state index < -0.39 is 0 Å². The third-order valence-electron chi connectivity index (χ3n) is 5.13. The largest absolute Gasteiger partial charge is 0.419 e. The van der Waals surface area contributed by atoms with Gasteiger partial charge in [-0.3, -0.25) is 14.7 Å². The van der Waals surface area contributed by atoms with Crippen LogP contribution in [0.15, 0.2) is 28.9 Å². The molecule has 0 radical (unpaired) electrons. The molecule has 1 saturated heterocycles. The van der Waals surface area contributed by atoms with E-state index in [1.807, 2.05) is 17.0 Å². The first-order valence-electron chi connectivity index (χ1n) is 8.89. The lowest BCUT2D eigenvalue weighted by atomic mass is 10.1. The van der Waals surface area contributed by atoms with Crippen molar-refractivity contribution >= 4 is 5.91 Å². The van der Waals surface area contributed by atoms with Crippen molar-refractivity contribution in [2.24, 2.45) is 5.41 Å². The topological polar surface area (TPSA) is 75.4 Å². The lowest BCUT2D eigenvalue weighted by molar-refractivity contribution is -0.136. The zero-order valence-electron chi connectivity index (χ0n) is 14.5. The summed E-state index contributed by atoms with van der Waals surface area (Å²) in [6, 6.07) is 3.75. The summed E-state index contributed by atoms with van der Waals surface area (Å²) in [5.74, 6) is 1.43. The fourth-order valence-corrected chi connectivity index (χ4v) is 3.23. The number of carbonyl (C=O) groups is 1. The number of carbonyl (C=O) groups excluding carboxylic acids is 1. The van der Waals surface area contributed by atoms with Gasteiger partial charge in [0.05, 0.1) is 12.1 Å². The van der Waals surface area contributed by atoms with Gasteiger partial charge >= 0.3 is 0 Å². The Labute approximate surface area is 147 Å². The van der Waals surface area contributed by atoms with E-state index >= 15 is 0 Å². The second-order valence-corrected chi connectivity index (χ2v) is 7.23. The minimum absolute atomic E-state index is 0.0831. The normalized spacial score (nSPS) is 20.3. The first-order valence-corrected chi connectivity index (χ1v) is 8.89. The summed E-state index contributed by atoms with van der Waals surface area (Å²) in [7, 11) is 0. The highest BCUT2D eigenvalue weighted by Crippen LogP contribution is 2.46. The molecule has 4 rings (SSSR count). The summed E-state index contributed by atoms with van der Waals surface area (Å²) >= 11 is 0. The second kappa shape index (κ2) is 6.55. The smallest absolute Gasteiger partial charge is 0.249 e. The van der Waals surface area contributed by atoms with Crippen molar-refractivity contribution in [3.05, 3.63) is 30.4 Å². The van der Waals surface area contributed by atoms with Gasteiger partial charge < -0.3 is 9.32 Å². The van der Waals surface area contributed by atoms with Crippen LogP contribution in [0.3, 0.4) is 0 Å². The van der Waals surface area contributed by atoms with Crippen LogP contribution in [0.1, 0.15) is 32.1 Å². The van der Waals surface area contributed by atoms with Gasteiger partial charge in [0, 0.05) is 44.0 Å². The van der Waals surface area contributed by atoms with Crippen LogP contribution in [-0.2, 0) is 11.3 Å². The van der Waals surface area contributed by atoms with Crippen LogP contribution in [0.5, 0.6) is 0 Å². The molecule has 7 heteroatoms. The molecule has 2 fully saturated rings. The monoisotopic (exact) mass is 341 g/mol. The predicted molar refractivity (Wildman–Crippen MR) is 91.3 cm³/mol. The van der Waals surface area contributed by atoms with Crippen LogP contribution < -0.4 is 0 Å². The quantitative estimate of drug-likeness (QED) is 0.846. The number of nitrogens with zero attached hydrogens (tertiary/aromatic N) is 5. The fraction of sp³-hybridized carbons (Fsp3) is 0.556. The molecule has 7 nitrogen and oxygen atoms in total. The van der Waals surface area contributed by atoms with Crippen LogP contribution in [-0.4, -0.2) is 57.1 Å². The average Bonchev–Trinajstić information content (AvgIpc) is 3.29. The molecule has 0 aromatic carbocycles. The van der Waals surface area contributed by atoms with Crippen molar-refractivity contribution < 1.29 is 9.21 Å². The van der Waals surface area contributed by atoms with Crippen molar-refractivity contribution in [1.29, 1.82) is 0 Å². The molecular formula is C18H23N5O2. The molecule has 0 spiro atoms. The van der Waals surface area contributed by atoms with Crippen molar-refractivity contribution in [2.45, 2.75) is 32.7 Å². The van der Waals surface area contributed by atoms with E-state index in [0.717, 1.165) is 51.0 Å². The number of pyridine rings is 1. The second-order valence-electron chi connectivity index (χ2n) is 7.23. The lowest BCUT2D eigenvalue weighted by Crippen LogP contribution is -2.38. The van der Waals surface area contributed by atoms with Crippen LogP contribution in [0.4, 0.5) is 0 Å². The standard InChI is InChI=1S/C18H23N5O2/c1-18(5-6-18)17(24)23-9-3-8-22(10-11-23)13-15-20-21-16(25-15)14-4-2-7-19-12-14/h2,4,7,12H,3,5-6,8-11,13H2,1H3. The molecule has 1 saturated carbocycles. The fourth-order valence-electron chi connectivity index (χ4n) is 3.23. The van der Waals surface area contributed by atoms with E-state index in [-0.39, 0.29) is 5.41 Å². The van der Waals surface area contributed by atoms with Gasteiger partial charge in [-0.1, -0.05) is 6.92 Å². The van der Waals surface area contributed by atoms with E-state index in [4.69, 9.17) is 4.42 Å². The van der Waals surface area contributed by atoms with Gasteiger partial charge in [0.2, 0.25) is 17.7 Å². The molecule has 1 amide bonds. The first kappa shape index (κ1) is 16.2. The molecule has 25 heavy (non-hydrogen) atoms. The van der Waals surface area contributed by atoms with E-state index in [9.17, 15) is 4.79 Å². The van der Waals surface area contributed by atoms with Crippen molar-refractivity contribution in [1.82, 2.24) is 25.0 Å². The van der Waals surface area contributed by atoms with Crippen molar-refractivity contribution in [3.63, 3.8) is 0 Å². The maximum atomic E-state index is 12.5. The summed E-state index contributed by atoms with van der Waals surface area (Å²) in [5, 5.41) is 8.27. The molecule has 1 aliphatic heterocycles. The summed E-state index contributed by atoms with van der Waals surface area (Å²) < 4.78 is 5.77. The Kier molecular flexibility index (Phi) is 4.25. The zero-order chi connectivity index (χ0) is 17.3. The highest BCUT2D eigenvalue weighted by molar-refractivity contribution is 5.84. The molecule has 1 aliphatic carbocycles. The third kappa shape index (κ3) is 3.56. The molecule has 0 N–H and O–H groups in total. The van der Waals surface area contributed by atoms with Crippen molar-refractivity contribution in [2.75, 3.05) is 26.2 Å². The Morgan fingerprint density at radius 3 is 2.88 bits per heavy atom. The Morgan fingerprint density at radius 2 is 2.12 bits per heavy atom. The Hall–Kier alpha value is -2.28. The molecule has 2 aliphatic rings. The van der Waals surface area contributed by atoms with Gasteiger partial charge in [-0.15, -0.1) is 10.2 Å². The molecule has 0 unspecified atom stereocenters. The zero-order valence-corrected chi connectivity index (χ0v) is 14.5. The molecule has 0 bridgehead atoms. The van der Waals surface area contributed by atoms with Gasteiger partial charge in [-0.05, 0) is 31.4 Å². The van der Waals surface area contributed by atoms with E-state index in [1.54, 1.807) is 12.4 Å². The van der Waals surface area contributed by atoms with Gasteiger partial charge in [0.25, 0.3) is 0 Å². The first-order chi connectivity index (χ1) is 12.1. The summed E-state index contributed by atoms with van der Waals surface area (Å²) in [5.41, 5.74) is 0.742. The lowest BCUT2D eigenvalue weighted by Gasteiger charge is -2.24. The van der Waals surface area contributed by atoms with Gasteiger partial charge in [-0.25, -0.2) is 0 Å². The summed E-state index contributed by atoms with van der Waals surface area (Å²) in [6.07, 6.45) is 6.47. The molecule has 2 aromatic heterocycles. The van der Waals surface area contributed by atoms with E-state index in [2.05, 4.69) is 27.0 Å². The third-order valence-corrected chi connectivity index (χ3v) is 5.13. The number of amides is 1. The highest BCUT2D eigenvalue weighted by Gasteiger charge is 2.47. The minimum atomic E-state index is -0.0831. The molecular weight excluding hydrogens is 318 g/mol. The summed E-state index contributed by atoms with van der Waals surface area (Å²) in [6.45, 7) is 6.09. The molecule has 0 atom stereocenters. The van der Waals surface area contributed by atoms with Gasteiger partial charge in [0.15, 0.2) is 0 Å². The molecule has 2 aromatic rings. The minimum Gasteiger partial charge on any atom is -0.419 e. The van der Waals surface area contributed by atoms with E-state index in [0.29, 0.717) is 24.2 Å². The summed E-state index contributed by atoms with van der Waals surface area (Å²) in [4.78, 5) is 20.9. The Balaban J connectivity index is 1.36. The number of rotatable bonds is 4. The van der Waals surface area contributed by atoms with Crippen LogP contribution in [0.2, 0.25) is 0 Å². The van der Waals surface area contributed by atoms with Crippen LogP contribution >= 0.6 is 0 Å². The van der Waals surface area contributed by atoms with Gasteiger partial charge in [0.1, 0.15) is 0 Å². The number of hydrogen-bond donors (Lipinski definition) is 0. The average molecular weight is 341 g/mol. The highest BCUT2D eigenvalue weighted by atomic mass is 16.4. The maximum absolute atomic E-state index is 12.5. The Bertz CT molecular complexity index is 741. The van der Waals surface area contributed by atoms with Crippen LogP contribution in [0, 0.1) is 5.41 Å². The van der Waals surface area contributed by atoms with Gasteiger partial charge in [-0.2, -0.15) is 0 Å². The molecule has 132 valence electrons. The molecule has 3 heterocycles. The van der Waals surface area contributed by atoms with E-state index in [1.165, 1.54) is 0 Å². The maximum Gasteiger partial charge on any atom is 0.249 e. The SMILES string of the molecule is CC1(C(=O)N2CCCN(Cc3nnc(-c4cccnc4)o3)CC2)CC1.